The summed E-state index contributed by atoms with van der Waals surface area (Å²) in [6.07, 6.45) is 0. The molecular formula is C14H17FN4O2. The Hall–Kier alpha value is -1.99. The molecule has 0 amide bonds. The second-order valence-corrected chi connectivity index (χ2v) is 4.78. The van der Waals surface area contributed by atoms with Crippen molar-refractivity contribution in [3.63, 3.8) is 0 Å². The van der Waals surface area contributed by atoms with Crippen LogP contribution in [0, 0.1) is 5.82 Å². The van der Waals surface area contributed by atoms with Crippen molar-refractivity contribution in [2.24, 2.45) is 0 Å². The highest BCUT2D eigenvalue weighted by molar-refractivity contribution is 5.56. The predicted octanol–water partition coefficient (Wildman–Crippen LogP) is 1.62. The molecule has 0 saturated carbocycles. The van der Waals surface area contributed by atoms with E-state index in [9.17, 15) is 4.39 Å². The third kappa shape index (κ3) is 3.56. The van der Waals surface area contributed by atoms with Crippen LogP contribution in [0.1, 0.15) is 0 Å². The van der Waals surface area contributed by atoms with E-state index < -0.39 is 0 Å². The van der Waals surface area contributed by atoms with Crippen LogP contribution in [0.2, 0.25) is 0 Å². The number of hydrogen-bond donors (Lipinski definition) is 1. The van der Waals surface area contributed by atoms with E-state index >= 15 is 0 Å². The Balaban J connectivity index is 1.54. The average Bonchev–Trinajstić information content (AvgIpc) is 2.97. The summed E-state index contributed by atoms with van der Waals surface area (Å²) in [6.45, 7) is 4.99. The molecule has 1 aliphatic heterocycles. The standard InChI is InChI=1S/C14H17FN4O2/c15-12-4-2-1-3-11(12)13-17-14(21-18-13)16-5-6-19-7-9-20-10-8-19/h1-4H,5-10H2,(H,16,17,18). The van der Waals surface area contributed by atoms with E-state index in [1.54, 1.807) is 18.2 Å². The van der Waals surface area contributed by atoms with Crippen LogP contribution < -0.4 is 5.32 Å². The van der Waals surface area contributed by atoms with Crippen molar-refractivity contribution in [1.82, 2.24) is 15.0 Å². The zero-order valence-corrected chi connectivity index (χ0v) is 11.6. The number of nitrogens with one attached hydrogen (secondary N) is 1. The predicted molar refractivity (Wildman–Crippen MR) is 75.4 cm³/mol. The first-order chi connectivity index (χ1) is 10.3. The average molecular weight is 292 g/mol. The molecule has 112 valence electrons. The van der Waals surface area contributed by atoms with Crippen LogP contribution in [0.15, 0.2) is 28.8 Å². The summed E-state index contributed by atoms with van der Waals surface area (Å²) in [6, 6.07) is 6.66. The number of ether oxygens (including phenoxy) is 1. The minimum Gasteiger partial charge on any atom is -0.379 e. The lowest BCUT2D eigenvalue weighted by molar-refractivity contribution is 0.0398. The Morgan fingerprint density at radius 2 is 2.05 bits per heavy atom. The normalized spacial score (nSPS) is 16.0. The topological polar surface area (TPSA) is 63.4 Å². The smallest absolute Gasteiger partial charge is 0.321 e. The Bertz CT molecular complexity index is 584. The summed E-state index contributed by atoms with van der Waals surface area (Å²) in [5, 5.41) is 6.85. The van der Waals surface area contributed by atoms with Gasteiger partial charge in [-0.05, 0) is 12.1 Å². The third-order valence-electron chi connectivity index (χ3n) is 3.35. The molecule has 0 unspecified atom stereocenters. The Morgan fingerprint density at radius 1 is 1.24 bits per heavy atom. The molecule has 1 aromatic heterocycles. The maximum absolute atomic E-state index is 13.6. The van der Waals surface area contributed by atoms with Gasteiger partial charge in [-0.1, -0.05) is 17.3 Å². The molecule has 1 aromatic carbocycles. The molecule has 1 aliphatic rings. The fourth-order valence-electron chi connectivity index (χ4n) is 2.19. The van der Waals surface area contributed by atoms with Crippen molar-refractivity contribution < 1.29 is 13.7 Å². The Labute approximate surface area is 121 Å². The van der Waals surface area contributed by atoms with Gasteiger partial charge in [-0.25, -0.2) is 4.39 Å². The zero-order chi connectivity index (χ0) is 14.5. The van der Waals surface area contributed by atoms with Gasteiger partial charge in [-0.15, -0.1) is 0 Å². The monoisotopic (exact) mass is 292 g/mol. The summed E-state index contributed by atoms with van der Waals surface area (Å²) >= 11 is 0. The number of rotatable bonds is 5. The van der Waals surface area contributed by atoms with Crippen molar-refractivity contribution in [1.29, 1.82) is 0 Å². The zero-order valence-electron chi connectivity index (χ0n) is 11.6. The number of morpholine rings is 1. The van der Waals surface area contributed by atoms with Gasteiger partial charge in [-0.2, -0.15) is 4.98 Å². The van der Waals surface area contributed by atoms with Crippen LogP contribution in [0.4, 0.5) is 10.4 Å². The molecule has 1 N–H and O–H groups in total. The van der Waals surface area contributed by atoms with Gasteiger partial charge in [0.05, 0.1) is 18.8 Å². The second kappa shape index (κ2) is 6.64. The van der Waals surface area contributed by atoms with Gasteiger partial charge < -0.3 is 14.6 Å². The number of halogens is 1. The molecule has 7 heteroatoms. The second-order valence-electron chi connectivity index (χ2n) is 4.78. The van der Waals surface area contributed by atoms with Crippen LogP contribution in [-0.2, 0) is 4.74 Å². The van der Waals surface area contributed by atoms with Crippen LogP contribution >= 0.6 is 0 Å². The molecule has 6 nitrogen and oxygen atoms in total. The summed E-state index contributed by atoms with van der Waals surface area (Å²) < 4.78 is 24.0. The van der Waals surface area contributed by atoms with E-state index in [-0.39, 0.29) is 11.6 Å². The van der Waals surface area contributed by atoms with Crippen LogP contribution in [0.3, 0.4) is 0 Å². The van der Waals surface area contributed by atoms with Gasteiger partial charge >= 0.3 is 6.01 Å². The molecule has 0 spiro atoms. The van der Waals surface area contributed by atoms with E-state index in [0.717, 1.165) is 32.8 Å². The molecule has 2 aromatic rings. The van der Waals surface area contributed by atoms with Gasteiger partial charge in [0.25, 0.3) is 0 Å². The van der Waals surface area contributed by atoms with E-state index in [4.69, 9.17) is 9.26 Å². The molecule has 1 saturated heterocycles. The number of benzene rings is 1. The maximum Gasteiger partial charge on any atom is 0.321 e. The lowest BCUT2D eigenvalue weighted by Crippen LogP contribution is -2.39. The van der Waals surface area contributed by atoms with E-state index in [1.807, 2.05) is 0 Å². The van der Waals surface area contributed by atoms with Crippen molar-refractivity contribution in [3.8, 4) is 11.4 Å². The van der Waals surface area contributed by atoms with E-state index in [0.29, 0.717) is 18.1 Å². The molecular weight excluding hydrogens is 275 g/mol. The maximum atomic E-state index is 13.6. The number of hydrogen-bond acceptors (Lipinski definition) is 6. The van der Waals surface area contributed by atoms with Crippen molar-refractivity contribution in [2.75, 3.05) is 44.7 Å². The van der Waals surface area contributed by atoms with Crippen LogP contribution in [0.25, 0.3) is 11.4 Å². The molecule has 1 fully saturated rings. The number of anilines is 1. The van der Waals surface area contributed by atoms with Crippen LogP contribution in [-0.4, -0.2) is 54.4 Å². The molecule has 21 heavy (non-hydrogen) atoms. The van der Waals surface area contributed by atoms with E-state index in [1.165, 1.54) is 6.07 Å². The Kier molecular flexibility index (Phi) is 4.42. The van der Waals surface area contributed by atoms with Gasteiger partial charge in [0.2, 0.25) is 5.82 Å². The van der Waals surface area contributed by atoms with Crippen molar-refractivity contribution in [2.45, 2.75) is 0 Å². The summed E-state index contributed by atoms with van der Waals surface area (Å²) in [5.41, 5.74) is 0.336. The molecule has 0 bridgehead atoms. The van der Waals surface area contributed by atoms with Crippen molar-refractivity contribution >= 4 is 6.01 Å². The van der Waals surface area contributed by atoms with Gasteiger partial charge in [0.15, 0.2) is 0 Å². The first-order valence-corrected chi connectivity index (χ1v) is 6.95. The first kappa shape index (κ1) is 14.0. The van der Waals surface area contributed by atoms with Crippen LogP contribution in [0.5, 0.6) is 0 Å². The van der Waals surface area contributed by atoms with Crippen molar-refractivity contribution in [3.05, 3.63) is 30.1 Å². The Morgan fingerprint density at radius 3 is 2.86 bits per heavy atom. The minimum atomic E-state index is -0.363. The summed E-state index contributed by atoms with van der Waals surface area (Å²) in [7, 11) is 0. The van der Waals surface area contributed by atoms with Gasteiger partial charge in [-0.3, -0.25) is 4.90 Å². The third-order valence-corrected chi connectivity index (χ3v) is 3.35. The number of nitrogens with zero attached hydrogens (tertiary/aromatic N) is 3. The molecule has 0 atom stereocenters. The first-order valence-electron chi connectivity index (χ1n) is 6.95. The fourth-order valence-corrected chi connectivity index (χ4v) is 2.19. The van der Waals surface area contributed by atoms with Gasteiger partial charge in [0.1, 0.15) is 5.82 Å². The highest BCUT2D eigenvalue weighted by Gasteiger charge is 2.13. The van der Waals surface area contributed by atoms with Gasteiger partial charge in [0, 0.05) is 26.2 Å². The number of aromatic nitrogens is 2. The summed E-state index contributed by atoms with van der Waals surface area (Å²) in [4.78, 5) is 6.45. The lowest BCUT2D eigenvalue weighted by Gasteiger charge is -2.26. The fraction of sp³-hybridized carbons (Fsp3) is 0.429. The highest BCUT2D eigenvalue weighted by atomic mass is 19.1. The van der Waals surface area contributed by atoms with E-state index in [2.05, 4.69) is 20.4 Å². The SMILES string of the molecule is Fc1ccccc1-c1noc(NCCN2CCOCC2)n1. The highest BCUT2D eigenvalue weighted by Crippen LogP contribution is 2.20. The molecule has 0 radical (unpaired) electrons. The molecule has 3 rings (SSSR count). The summed E-state index contributed by atoms with van der Waals surface area (Å²) in [5.74, 6) is -0.111. The quantitative estimate of drug-likeness (QED) is 0.903. The molecule has 2 heterocycles. The largest absolute Gasteiger partial charge is 0.379 e. The molecule has 0 aliphatic carbocycles. The lowest BCUT2D eigenvalue weighted by atomic mass is 10.2. The minimum absolute atomic E-state index is 0.252.